The summed E-state index contributed by atoms with van der Waals surface area (Å²) in [6.07, 6.45) is 3.49. The Hall–Kier alpha value is -1.38. The molecule has 2 heteroatoms. The van der Waals surface area contributed by atoms with Crippen molar-refractivity contribution in [1.29, 1.82) is 0 Å². The molecule has 0 aromatic heterocycles. The smallest absolute Gasteiger partial charge is 0.0893 e. The monoisotopic (exact) mass is 316 g/mol. The normalized spacial score (nSPS) is 14.5. The summed E-state index contributed by atoms with van der Waals surface area (Å²) in [6.45, 7) is 1.98. The Balaban J connectivity index is 2.31. The topological polar surface area (TPSA) is 20.2 Å². The van der Waals surface area contributed by atoms with E-state index in [1.54, 1.807) is 0 Å². The van der Waals surface area contributed by atoms with E-state index in [-0.39, 0.29) is 5.92 Å². The molecule has 0 fully saturated rings. The van der Waals surface area contributed by atoms with Gasteiger partial charge in [0.15, 0.2) is 0 Å². The Morgan fingerprint density at radius 1 is 0.947 bits per heavy atom. The lowest BCUT2D eigenvalue weighted by Crippen LogP contribution is -2.08. The molecule has 1 N–H and O–H groups in total. The zero-order chi connectivity index (χ0) is 13.7. The minimum Gasteiger partial charge on any atom is -0.387 e. The maximum absolute atomic E-state index is 10.6. The van der Waals surface area contributed by atoms with E-state index in [0.29, 0.717) is 0 Å². The van der Waals surface area contributed by atoms with Gasteiger partial charge < -0.3 is 5.11 Å². The van der Waals surface area contributed by atoms with E-state index in [4.69, 9.17) is 0 Å². The zero-order valence-electron chi connectivity index (χ0n) is 10.8. The molecule has 98 valence electrons. The summed E-state index contributed by atoms with van der Waals surface area (Å²) in [5.74, 6) is -0.0209. The average Bonchev–Trinajstić information content (AvgIpc) is 2.46. The minimum absolute atomic E-state index is 0.0209. The first-order chi connectivity index (χ1) is 9.22. The van der Waals surface area contributed by atoms with Gasteiger partial charge >= 0.3 is 0 Å². The van der Waals surface area contributed by atoms with Crippen molar-refractivity contribution in [2.45, 2.75) is 18.9 Å². The molecule has 2 unspecified atom stereocenters. The Morgan fingerprint density at radius 3 is 2.16 bits per heavy atom. The highest BCUT2D eigenvalue weighted by Crippen LogP contribution is 2.32. The predicted octanol–water partition coefficient (Wildman–Crippen LogP) is 4.84. The standard InChI is InChI=1S/C17H17BrO/c1-2-6-16(13-7-4-3-5-8-13)17(19)14-9-11-15(18)12-10-14/h2-12,16-17,19H,1H3/b6-2+. The van der Waals surface area contributed by atoms with Crippen molar-refractivity contribution in [1.82, 2.24) is 0 Å². The van der Waals surface area contributed by atoms with Gasteiger partial charge in [0.1, 0.15) is 0 Å². The molecule has 0 amide bonds. The first-order valence-corrected chi connectivity index (χ1v) is 7.13. The van der Waals surface area contributed by atoms with Gasteiger partial charge in [-0.1, -0.05) is 70.5 Å². The van der Waals surface area contributed by atoms with Crippen molar-refractivity contribution < 1.29 is 5.11 Å². The van der Waals surface area contributed by atoms with Gasteiger partial charge in [0.2, 0.25) is 0 Å². The van der Waals surface area contributed by atoms with Crippen LogP contribution in [0.1, 0.15) is 30.1 Å². The summed E-state index contributed by atoms with van der Waals surface area (Å²) in [6, 6.07) is 17.9. The lowest BCUT2D eigenvalue weighted by Gasteiger charge is -2.21. The minimum atomic E-state index is -0.535. The summed E-state index contributed by atoms with van der Waals surface area (Å²) >= 11 is 3.41. The Labute approximate surface area is 122 Å². The average molecular weight is 317 g/mol. The summed E-state index contributed by atoms with van der Waals surface area (Å²) < 4.78 is 1.02. The molecule has 0 saturated heterocycles. The van der Waals surface area contributed by atoms with Gasteiger partial charge in [-0.3, -0.25) is 0 Å². The van der Waals surface area contributed by atoms with E-state index in [2.05, 4.69) is 15.9 Å². The van der Waals surface area contributed by atoms with E-state index in [1.807, 2.05) is 73.7 Å². The maximum atomic E-state index is 10.6. The van der Waals surface area contributed by atoms with Crippen LogP contribution in [0.5, 0.6) is 0 Å². The van der Waals surface area contributed by atoms with Crippen molar-refractivity contribution in [3.8, 4) is 0 Å². The maximum Gasteiger partial charge on any atom is 0.0893 e. The number of allylic oxidation sites excluding steroid dienone is 1. The first-order valence-electron chi connectivity index (χ1n) is 6.33. The molecule has 0 radical (unpaired) electrons. The Morgan fingerprint density at radius 2 is 1.58 bits per heavy atom. The molecule has 0 aliphatic carbocycles. The number of hydrogen-bond donors (Lipinski definition) is 1. The van der Waals surface area contributed by atoms with Crippen LogP contribution in [0.2, 0.25) is 0 Å². The molecule has 2 aromatic carbocycles. The molecular formula is C17H17BrO. The summed E-state index contributed by atoms with van der Waals surface area (Å²) in [5.41, 5.74) is 2.05. The molecular weight excluding hydrogens is 300 g/mol. The van der Waals surface area contributed by atoms with Crippen molar-refractivity contribution in [2.24, 2.45) is 0 Å². The molecule has 1 nitrogen and oxygen atoms in total. The van der Waals surface area contributed by atoms with Crippen LogP contribution in [0.3, 0.4) is 0 Å². The van der Waals surface area contributed by atoms with Crippen molar-refractivity contribution in [3.63, 3.8) is 0 Å². The Kier molecular flexibility index (Phi) is 4.94. The largest absolute Gasteiger partial charge is 0.387 e. The van der Waals surface area contributed by atoms with Crippen LogP contribution in [-0.4, -0.2) is 5.11 Å². The predicted molar refractivity (Wildman–Crippen MR) is 83.1 cm³/mol. The first kappa shape index (κ1) is 14.0. The van der Waals surface area contributed by atoms with Gasteiger partial charge in [0, 0.05) is 10.4 Å². The lowest BCUT2D eigenvalue weighted by molar-refractivity contribution is 0.161. The summed E-state index contributed by atoms with van der Waals surface area (Å²) in [7, 11) is 0. The van der Waals surface area contributed by atoms with Crippen molar-refractivity contribution in [3.05, 3.63) is 82.3 Å². The number of aliphatic hydroxyl groups excluding tert-OH is 1. The highest BCUT2D eigenvalue weighted by molar-refractivity contribution is 9.10. The fourth-order valence-corrected chi connectivity index (χ4v) is 2.41. The zero-order valence-corrected chi connectivity index (χ0v) is 12.4. The molecule has 0 aliphatic heterocycles. The molecule has 19 heavy (non-hydrogen) atoms. The number of hydrogen-bond acceptors (Lipinski definition) is 1. The molecule has 2 atom stereocenters. The van der Waals surface area contributed by atoms with Gasteiger partial charge in [-0.15, -0.1) is 0 Å². The second-order valence-corrected chi connectivity index (χ2v) is 5.37. The highest BCUT2D eigenvalue weighted by atomic mass is 79.9. The third kappa shape index (κ3) is 3.55. The number of halogens is 1. The van der Waals surface area contributed by atoms with E-state index in [9.17, 15) is 5.11 Å². The van der Waals surface area contributed by atoms with Gasteiger partial charge in [-0.05, 0) is 30.2 Å². The van der Waals surface area contributed by atoms with E-state index < -0.39 is 6.10 Å². The quantitative estimate of drug-likeness (QED) is 0.800. The lowest BCUT2D eigenvalue weighted by atomic mass is 9.89. The SMILES string of the molecule is C/C=C/C(c1ccccc1)C(O)c1ccc(Br)cc1. The summed E-state index contributed by atoms with van der Waals surface area (Å²) in [5, 5.41) is 10.6. The van der Waals surface area contributed by atoms with Crippen LogP contribution in [0, 0.1) is 0 Å². The number of rotatable bonds is 4. The molecule has 0 bridgehead atoms. The molecule has 0 aliphatic rings. The fourth-order valence-electron chi connectivity index (χ4n) is 2.15. The summed E-state index contributed by atoms with van der Waals surface area (Å²) in [4.78, 5) is 0. The van der Waals surface area contributed by atoms with Crippen molar-refractivity contribution >= 4 is 15.9 Å². The van der Waals surface area contributed by atoms with E-state index in [0.717, 1.165) is 15.6 Å². The van der Waals surface area contributed by atoms with Crippen LogP contribution in [-0.2, 0) is 0 Å². The third-order valence-corrected chi connectivity index (χ3v) is 3.66. The van der Waals surface area contributed by atoms with Gasteiger partial charge in [-0.2, -0.15) is 0 Å². The molecule has 2 aromatic rings. The molecule has 0 heterocycles. The van der Waals surface area contributed by atoms with E-state index >= 15 is 0 Å². The Bertz CT molecular complexity index is 531. The van der Waals surface area contributed by atoms with Gasteiger partial charge in [0.25, 0.3) is 0 Å². The van der Waals surface area contributed by atoms with Crippen LogP contribution in [0.15, 0.2) is 71.2 Å². The molecule has 0 spiro atoms. The second-order valence-electron chi connectivity index (χ2n) is 4.46. The van der Waals surface area contributed by atoms with Crippen LogP contribution >= 0.6 is 15.9 Å². The van der Waals surface area contributed by atoms with Crippen LogP contribution < -0.4 is 0 Å². The van der Waals surface area contributed by atoms with Gasteiger partial charge in [0.05, 0.1) is 6.10 Å². The van der Waals surface area contributed by atoms with Crippen LogP contribution in [0.25, 0.3) is 0 Å². The van der Waals surface area contributed by atoms with Crippen molar-refractivity contribution in [2.75, 3.05) is 0 Å². The third-order valence-electron chi connectivity index (χ3n) is 3.14. The number of benzene rings is 2. The second kappa shape index (κ2) is 6.69. The molecule has 0 saturated carbocycles. The van der Waals surface area contributed by atoms with E-state index in [1.165, 1.54) is 0 Å². The number of aliphatic hydroxyl groups is 1. The molecule has 2 rings (SSSR count). The fraction of sp³-hybridized carbons (Fsp3) is 0.176. The van der Waals surface area contributed by atoms with Crippen LogP contribution in [0.4, 0.5) is 0 Å². The van der Waals surface area contributed by atoms with Gasteiger partial charge in [-0.25, -0.2) is 0 Å². The highest BCUT2D eigenvalue weighted by Gasteiger charge is 2.19.